The fourth-order valence-electron chi connectivity index (χ4n) is 3.09. The van der Waals surface area contributed by atoms with Gasteiger partial charge in [0, 0.05) is 12.7 Å². The van der Waals surface area contributed by atoms with Crippen LogP contribution in [0.15, 0.2) is 42.6 Å². The first kappa shape index (κ1) is 20.1. The lowest BCUT2D eigenvalue weighted by atomic mass is 10.1. The number of benzene rings is 1. The molecule has 2 amide bonds. The van der Waals surface area contributed by atoms with E-state index in [0.717, 1.165) is 23.3 Å². The zero-order valence-electron chi connectivity index (χ0n) is 16.2. The summed E-state index contributed by atoms with van der Waals surface area (Å²) in [5.74, 6) is 0.128. The third-order valence-corrected chi connectivity index (χ3v) is 4.73. The first-order valence-corrected chi connectivity index (χ1v) is 9.36. The van der Waals surface area contributed by atoms with Gasteiger partial charge in [0.05, 0.1) is 19.7 Å². The van der Waals surface area contributed by atoms with Crippen LogP contribution in [0, 0.1) is 11.3 Å². The number of carbonyl (C=O) groups excluding carboxylic acids is 2. The lowest BCUT2D eigenvalue weighted by Crippen LogP contribution is -2.42. The van der Waals surface area contributed by atoms with Crippen LogP contribution in [-0.2, 0) is 4.79 Å². The molecule has 1 fully saturated rings. The molecule has 3 rings (SSSR count). The Balaban J connectivity index is 1.53. The van der Waals surface area contributed by atoms with Gasteiger partial charge in [-0.3, -0.25) is 14.6 Å². The molecule has 0 radical (unpaired) electrons. The molecule has 1 saturated heterocycles. The quantitative estimate of drug-likeness (QED) is 0.818. The van der Waals surface area contributed by atoms with E-state index in [1.165, 1.54) is 4.90 Å². The molecule has 1 N–H and O–H groups in total. The van der Waals surface area contributed by atoms with Crippen LogP contribution in [0.25, 0.3) is 12.2 Å². The van der Waals surface area contributed by atoms with E-state index in [4.69, 9.17) is 10.00 Å². The molecule has 1 aliphatic rings. The fourth-order valence-corrected chi connectivity index (χ4v) is 3.09. The minimum atomic E-state index is -0.420. The third kappa shape index (κ3) is 5.20. The van der Waals surface area contributed by atoms with Crippen molar-refractivity contribution in [2.45, 2.75) is 18.9 Å². The highest BCUT2D eigenvalue weighted by atomic mass is 16.5. The summed E-state index contributed by atoms with van der Waals surface area (Å²) in [5.41, 5.74) is 2.10. The average molecular weight is 390 g/mol. The number of ether oxygens (including phenoxy) is 1. The van der Waals surface area contributed by atoms with Gasteiger partial charge in [0.15, 0.2) is 0 Å². The van der Waals surface area contributed by atoms with Gasteiger partial charge in [0.1, 0.15) is 17.5 Å². The summed E-state index contributed by atoms with van der Waals surface area (Å²) in [5, 5.41) is 11.6. The van der Waals surface area contributed by atoms with Crippen molar-refractivity contribution in [3.05, 3.63) is 59.4 Å². The number of rotatable bonds is 6. The van der Waals surface area contributed by atoms with E-state index in [9.17, 15) is 9.59 Å². The van der Waals surface area contributed by atoms with Gasteiger partial charge in [-0.1, -0.05) is 30.4 Å². The molecule has 29 heavy (non-hydrogen) atoms. The highest BCUT2D eigenvalue weighted by Crippen LogP contribution is 2.16. The van der Waals surface area contributed by atoms with E-state index in [2.05, 4.69) is 16.4 Å². The van der Waals surface area contributed by atoms with Gasteiger partial charge in [0.2, 0.25) is 5.91 Å². The van der Waals surface area contributed by atoms with Gasteiger partial charge in [-0.05, 0) is 42.2 Å². The number of nitrogens with zero attached hydrogens (tertiary/aromatic N) is 3. The topological polar surface area (TPSA) is 95.3 Å². The molecule has 2 heterocycles. The Bertz CT molecular complexity index is 930. The molecule has 0 aliphatic carbocycles. The lowest BCUT2D eigenvalue weighted by molar-refractivity contribution is -0.130. The third-order valence-electron chi connectivity index (χ3n) is 4.73. The summed E-state index contributed by atoms with van der Waals surface area (Å²) in [6, 6.07) is 12.8. The number of carbonyl (C=O) groups is 2. The second-order valence-electron chi connectivity index (χ2n) is 6.64. The van der Waals surface area contributed by atoms with Crippen LogP contribution in [0.3, 0.4) is 0 Å². The van der Waals surface area contributed by atoms with Crippen molar-refractivity contribution in [2.24, 2.45) is 0 Å². The standard InChI is InChI=1S/C22H22N4O3/c1-29-19-9-6-16(7-10-19)4-5-17-8-11-20(24-14-17)22(28)25-15-21(27)26-12-2-3-18(26)13-23/h4-11,14,18H,2-3,12,15H2,1H3,(H,25,28)/b5-4+. The van der Waals surface area contributed by atoms with E-state index in [1.807, 2.05) is 36.4 Å². The van der Waals surface area contributed by atoms with Gasteiger partial charge in [-0.15, -0.1) is 0 Å². The summed E-state index contributed by atoms with van der Waals surface area (Å²) in [6.07, 6.45) is 6.93. The van der Waals surface area contributed by atoms with E-state index >= 15 is 0 Å². The first-order valence-electron chi connectivity index (χ1n) is 9.36. The zero-order valence-corrected chi connectivity index (χ0v) is 16.2. The van der Waals surface area contributed by atoms with Crippen LogP contribution in [0.2, 0.25) is 0 Å². The van der Waals surface area contributed by atoms with E-state index in [-0.39, 0.29) is 18.1 Å². The van der Waals surface area contributed by atoms with Crippen molar-refractivity contribution in [2.75, 3.05) is 20.2 Å². The predicted octanol–water partition coefficient (Wildman–Crippen LogP) is 2.50. The second-order valence-corrected chi connectivity index (χ2v) is 6.64. The van der Waals surface area contributed by atoms with Crippen LogP contribution < -0.4 is 10.1 Å². The van der Waals surface area contributed by atoms with Gasteiger partial charge in [-0.2, -0.15) is 5.26 Å². The second kappa shape index (κ2) is 9.51. The number of nitrogens with one attached hydrogen (secondary N) is 1. The van der Waals surface area contributed by atoms with Crippen LogP contribution in [0.1, 0.15) is 34.5 Å². The number of likely N-dealkylation sites (tertiary alicyclic amines) is 1. The van der Waals surface area contributed by atoms with Crippen molar-refractivity contribution in [1.82, 2.24) is 15.2 Å². The molecule has 7 nitrogen and oxygen atoms in total. The number of amides is 2. The summed E-state index contributed by atoms with van der Waals surface area (Å²) in [7, 11) is 1.62. The number of hydrogen-bond donors (Lipinski definition) is 1. The molecule has 1 aromatic heterocycles. The lowest BCUT2D eigenvalue weighted by Gasteiger charge is -2.19. The maximum absolute atomic E-state index is 12.2. The molecule has 0 bridgehead atoms. The highest BCUT2D eigenvalue weighted by molar-refractivity contribution is 5.95. The van der Waals surface area contributed by atoms with E-state index in [1.54, 1.807) is 25.4 Å². The monoisotopic (exact) mass is 390 g/mol. The Kier molecular flexibility index (Phi) is 6.59. The van der Waals surface area contributed by atoms with Crippen LogP contribution in [0.5, 0.6) is 5.75 Å². The molecule has 0 spiro atoms. The molecular formula is C22H22N4O3. The maximum atomic E-state index is 12.2. The molecule has 2 aromatic rings. The van der Waals surface area contributed by atoms with Crippen LogP contribution in [-0.4, -0.2) is 47.9 Å². The summed E-state index contributed by atoms with van der Waals surface area (Å²) in [4.78, 5) is 30.1. The number of aromatic nitrogens is 1. The summed E-state index contributed by atoms with van der Waals surface area (Å²) < 4.78 is 5.13. The first-order chi connectivity index (χ1) is 14.1. The molecular weight excluding hydrogens is 368 g/mol. The number of pyridine rings is 1. The zero-order chi connectivity index (χ0) is 20.6. The molecule has 7 heteroatoms. The van der Waals surface area contributed by atoms with Gasteiger partial charge in [-0.25, -0.2) is 0 Å². The molecule has 1 unspecified atom stereocenters. The summed E-state index contributed by atoms with van der Waals surface area (Å²) in [6.45, 7) is 0.415. The van der Waals surface area contributed by atoms with E-state index in [0.29, 0.717) is 13.0 Å². The smallest absolute Gasteiger partial charge is 0.270 e. The van der Waals surface area contributed by atoms with Gasteiger partial charge >= 0.3 is 0 Å². The SMILES string of the molecule is COc1ccc(/C=C/c2ccc(C(=O)NCC(=O)N3CCCC3C#N)nc2)cc1. The van der Waals surface area contributed by atoms with Crippen molar-refractivity contribution in [3.63, 3.8) is 0 Å². The van der Waals surface area contributed by atoms with Crippen LogP contribution >= 0.6 is 0 Å². The molecule has 148 valence electrons. The normalized spacial score (nSPS) is 15.9. The molecule has 1 aliphatic heterocycles. The Hall–Kier alpha value is -3.66. The molecule has 0 saturated carbocycles. The largest absolute Gasteiger partial charge is 0.497 e. The minimum absolute atomic E-state index is 0.141. The molecule has 1 aromatic carbocycles. The molecule has 1 atom stereocenters. The predicted molar refractivity (Wildman–Crippen MR) is 109 cm³/mol. The van der Waals surface area contributed by atoms with E-state index < -0.39 is 11.9 Å². The van der Waals surface area contributed by atoms with Crippen molar-refractivity contribution in [3.8, 4) is 11.8 Å². The Labute approximate surface area is 169 Å². The van der Waals surface area contributed by atoms with Crippen molar-refractivity contribution < 1.29 is 14.3 Å². The number of methoxy groups -OCH3 is 1. The Morgan fingerprint density at radius 2 is 1.97 bits per heavy atom. The van der Waals surface area contributed by atoms with Crippen molar-refractivity contribution >= 4 is 24.0 Å². The summed E-state index contributed by atoms with van der Waals surface area (Å²) >= 11 is 0. The Morgan fingerprint density at radius 3 is 2.62 bits per heavy atom. The minimum Gasteiger partial charge on any atom is -0.497 e. The van der Waals surface area contributed by atoms with Crippen molar-refractivity contribution in [1.29, 1.82) is 5.26 Å². The maximum Gasteiger partial charge on any atom is 0.270 e. The highest BCUT2D eigenvalue weighted by Gasteiger charge is 2.28. The Morgan fingerprint density at radius 1 is 1.24 bits per heavy atom. The average Bonchev–Trinajstić information content (AvgIpc) is 3.25. The fraction of sp³-hybridized carbons (Fsp3) is 0.273. The number of hydrogen-bond acceptors (Lipinski definition) is 5. The van der Waals surface area contributed by atoms with Crippen LogP contribution in [0.4, 0.5) is 0 Å². The van der Waals surface area contributed by atoms with Gasteiger partial charge in [0.25, 0.3) is 5.91 Å². The van der Waals surface area contributed by atoms with Gasteiger partial charge < -0.3 is 15.0 Å². The number of nitriles is 1.